The molecule has 0 bridgehead atoms. The van der Waals surface area contributed by atoms with Crippen molar-refractivity contribution in [1.29, 1.82) is 5.26 Å². The van der Waals surface area contributed by atoms with Crippen molar-refractivity contribution in [3.05, 3.63) is 124 Å². The van der Waals surface area contributed by atoms with Crippen LogP contribution in [0.1, 0.15) is 121 Å². The number of hydrogen-bond acceptors (Lipinski definition) is 20. The van der Waals surface area contributed by atoms with Crippen LogP contribution in [0.15, 0.2) is 117 Å². The van der Waals surface area contributed by atoms with Crippen LogP contribution in [0.4, 0.5) is 20.2 Å². The zero-order valence-electron chi connectivity index (χ0n) is 59.4. The molecule has 582 valence electrons. The summed E-state index contributed by atoms with van der Waals surface area (Å²) in [6.45, 7) is 7.53. The van der Waals surface area contributed by atoms with Crippen LogP contribution in [-0.2, 0) is 96.0 Å². The van der Waals surface area contributed by atoms with E-state index in [2.05, 4.69) is 16.0 Å². The number of aliphatic carboxylic acids is 1. The standard InChI is InChI=1S/C71H88F2N8O22S4/c1-69(2)54-39-52(106(95,96)97)18-20-58(54)79(27-5-7-34-104(89,90)91)60(69)22-14-46-10-9-11-47(15-23-61-70(3,4)55-40-53(107(98,99)100)19-21-59(55)80(61)28-6-8-35-105(92,93)94)64(46)103-51-16-12-45(13-17-51)36-57(68(87)88)76-62(82)25-30-101-32-33-102-31-26-75-65(84)48-24-29-78(43-48)63(83)38-49-37-56(77-66(49)85)67(86)81-44-71(72,73)41-50(81)42-74/h12-23,39-40,48-50,56-57H,5-11,24-38,41,43-44H2,1-4H3,(H7-,75,76,77,82,84,85,87,88,89,90,91,92,93,94,95,96,97,98,99,100)/t48?,49-,50-,56-,57-/m0/s1. The fourth-order valence-corrected chi connectivity index (χ4v) is 16.4. The van der Waals surface area contributed by atoms with Crippen molar-refractivity contribution in [2.75, 3.05) is 82.1 Å². The van der Waals surface area contributed by atoms with Crippen molar-refractivity contribution in [2.24, 2.45) is 11.8 Å². The summed E-state index contributed by atoms with van der Waals surface area (Å²) in [7, 11) is -18.1. The third kappa shape index (κ3) is 21.3. The van der Waals surface area contributed by atoms with E-state index in [9.17, 15) is 99.8 Å². The second-order valence-electron chi connectivity index (χ2n) is 28.4. The van der Waals surface area contributed by atoms with Crippen LogP contribution in [0.3, 0.4) is 0 Å². The van der Waals surface area contributed by atoms with E-state index in [0.29, 0.717) is 87.8 Å². The molecule has 0 spiro atoms. The summed E-state index contributed by atoms with van der Waals surface area (Å²) in [4.78, 5) is 81.0. The zero-order valence-corrected chi connectivity index (χ0v) is 62.7. The summed E-state index contributed by atoms with van der Waals surface area (Å²) >= 11 is 0. The minimum Gasteiger partial charge on any atom is -0.748 e. The molecule has 3 saturated heterocycles. The Morgan fingerprint density at radius 2 is 1.50 bits per heavy atom. The smallest absolute Gasteiger partial charge is 0.326 e. The Hall–Kier alpha value is -8.38. The number of allylic oxidation sites excluding steroid dienone is 7. The van der Waals surface area contributed by atoms with E-state index >= 15 is 0 Å². The first-order chi connectivity index (χ1) is 50.1. The Balaban J connectivity index is 0.824. The number of carboxylic acid groups (broad SMARTS) is 1. The summed E-state index contributed by atoms with van der Waals surface area (Å²) in [5, 5.41) is 27.3. The number of rotatable bonds is 34. The summed E-state index contributed by atoms with van der Waals surface area (Å²) in [6, 6.07) is 12.7. The number of anilines is 1. The molecule has 1 aliphatic carbocycles. The number of nitrogens with one attached hydrogen (secondary N) is 3. The van der Waals surface area contributed by atoms with Gasteiger partial charge in [0.1, 0.15) is 36.2 Å². The molecule has 1 unspecified atom stereocenters. The summed E-state index contributed by atoms with van der Waals surface area (Å²) in [6.07, 6.45) is 8.37. The number of fused-ring (bicyclic) bond motifs is 2. The van der Waals surface area contributed by atoms with Gasteiger partial charge in [-0.25, -0.2) is 22.0 Å². The number of amides is 5. The molecule has 3 aromatic carbocycles. The van der Waals surface area contributed by atoms with Gasteiger partial charge in [-0.2, -0.15) is 35.1 Å². The molecular formula is C71H88F2N8O22S4. The Bertz CT molecular complexity index is 4630. The van der Waals surface area contributed by atoms with Gasteiger partial charge in [0.25, 0.3) is 36.3 Å². The van der Waals surface area contributed by atoms with Crippen molar-refractivity contribution < 1.29 is 113 Å². The van der Waals surface area contributed by atoms with Gasteiger partial charge >= 0.3 is 5.97 Å². The van der Waals surface area contributed by atoms with Crippen molar-refractivity contribution in [1.82, 2.24) is 25.8 Å². The number of nitrogens with zero attached hydrogens (tertiary/aromatic N) is 5. The third-order valence-corrected chi connectivity index (χ3v) is 23.2. The Kier molecular flexibility index (Phi) is 26.3. The number of alkyl halides is 2. The average Bonchev–Trinajstić information content (AvgIpc) is 1.59. The van der Waals surface area contributed by atoms with E-state index in [4.69, 9.17) is 14.2 Å². The van der Waals surface area contributed by atoms with Gasteiger partial charge in [-0.3, -0.25) is 37.6 Å². The average molecular weight is 1570 g/mol. The normalized spacial score (nSPS) is 21.6. The van der Waals surface area contributed by atoms with Crippen LogP contribution >= 0.6 is 0 Å². The molecule has 3 aromatic rings. The maximum Gasteiger partial charge on any atom is 0.326 e. The van der Waals surface area contributed by atoms with E-state index < -0.39 is 141 Å². The van der Waals surface area contributed by atoms with Gasteiger partial charge in [0.2, 0.25) is 35.2 Å². The molecule has 7 N–H and O–H groups in total. The van der Waals surface area contributed by atoms with Gasteiger partial charge < -0.3 is 54.5 Å². The molecule has 107 heavy (non-hydrogen) atoms. The molecule has 36 heteroatoms. The number of carbonyl (C=O) groups excluding carboxylic acids is 5. The predicted octanol–water partition coefficient (Wildman–Crippen LogP) is 5.39. The van der Waals surface area contributed by atoms with Gasteiger partial charge in [-0.15, -0.1) is 0 Å². The van der Waals surface area contributed by atoms with E-state index in [1.54, 1.807) is 42.5 Å². The summed E-state index contributed by atoms with van der Waals surface area (Å²) in [5.41, 5.74) is 3.56. The SMILES string of the molecule is CC1(C)C(/C=C/C2=C(Oc3ccc(C[C@H](NC(=O)CCOCCOCCNC(=O)C4CCN(C(=O)C[C@@H]5C[C@@H](C(=O)N6CC(F)(F)C[C@H]6C#N)NC5=O)C4)C(=O)O)cc3)C(=C/C=C3/N(CCCCS(=O)(=O)[O-])c4ccc(S(=O)(=O)O)cc4C3(C)C)/CCC2)=[N+](CCCCS(=O)(=O)O)c2ccc(S(=O)(=O)O)cc21. The maximum absolute atomic E-state index is 14.0. The van der Waals surface area contributed by atoms with Gasteiger partial charge in [-0.1, -0.05) is 32.1 Å². The molecule has 5 heterocycles. The van der Waals surface area contributed by atoms with Gasteiger partial charge in [0.15, 0.2) is 5.71 Å². The van der Waals surface area contributed by atoms with Gasteiger partial charge in [0.05, 0.1) is 76.0 Å². The van der Waals surface area contributed by atoms with Crippen molar-refractivity contribution in [3.8, 4) is 11.8 Å². The number of ether oxygens (including phenoxy) is 3. The quantitative estimate of drug-likeness (QED) is 0.0224. The van der Waals surface area contributed by atoms with Crippen molar-refractivity contribution >= 4 is 93.1 Å². The van der Waals surface area contributed by atoms with E-state index in [-0.39, 0.29) is 126 Å². The van der Waals surface area contributed by atoms with Crippen LogP contribution < -0.4 is 25.6 Å². The van der Waals surface area contributed by atoms with Crippen LogP contribution in [-0.4, -0.2) is 214 Å². The van der Waals surface area contributed by atoms with Gasteiger partial charge in [0, 0.05) is 104 Å². The second kappa shape index (κ2) is 34.0. The van der Waals surface area contributed by atoms with Crippen molar-refractivity contribution in [2.45, 2.75) is 156 Å². The number of nitriles is 1. The highest BCUT2D eigenvalue weighted by atomic mass is 32.2. The molecule has 5 amide bonds. The predicted molar refractivity (Wildman–Crippen MR) is 381 cm³/mol. The van der Waals surface area contributed by atoms with Crippen LogP contribution in [0.5, 0.6) is 5.75 Å². The molecule has 3 fully saturated rings. The van der Waals surface area contributed by atoms with E-state index in [0.717, 1.165) is 4.90 Å². The number of carbonyl (C=O) groups is 6. The maximum atomic E-state index is 14.0. The number of halogens is 2. The lowest BCUT2D eigenvalue weighted by Gasteiger charge is -2.28. The molecule has 6 aliphatic rings. The van der Waals surface area contributed by atoms with Crippen LogP contribution in [0.25, 0.3) is 0 Å². The number of hydrogen-bond donors (Lipinski definition) is 7. The lowest BCUT2D eigenvalue weighted by atomic mass is 9.81. The van der Waals surface area contributed by atoms with Gasteiger partial charge in [-0.05, 0) is 142 Å². The highest BCUT2D eigenvalue weighted by Gasteiger charge is 2.51. The molecule has 30 nitrogen and oxygen atoms in total. The first kappa shape index (κ1) is 82.7. The summed E-state index contributed by atoms with van der Waals surface area (Å²) < 4.78 is 186. The number of unbranched alkanes of at least 4 members (excludes halogenated alkanes) is 2. The molecule has 0 saturated carbocycles. The molecule has 9 rings (SSSR count). The number of benzene rings is 3. The zero-order chi connectivity index (χ0) is 78.2. The minimum absolute atomic E-state index is 0.0288. The van der Waals surface area contributed by atoms with Crippen LogP contribution in [0.2, 0.25) is 0 Å². The topological polar surface area (TPSA) is 443 Å². The largest absolute Gasteiger partial charge is 0.748 e. The Labute approximate surface area is 619 Å². The lowest BCUT2D eigenvalue weighted by Crippen LogP contribution is -2.46. The molecule has 0 radical (unpaired) electrons. The fraction of sp³-hybridized carbons (Fsp3) is 0.521. The molecule has 5 aliphatic heterocycles. The highest BCUT2D eigenvalue weighted by Crippen LogP contribution is 2.49. The second-order valence-corrected chi connectivity index (χ2v) is 34.3. The highest BCUT2D eigenvalue weighted by molar-refractivity contribution is 7.86. The molecular weight excluding hydrogens is 1480 g/mol. The minimum atomic E-state index is -4.65. The first-order valence-electron chi connectivity index (χ1n) is 34.9. The van der Waals surface area contributed by atoms with Crippen molar-refractivity contribution in [3.63, 3.8) is 0 Å². The molecule has 5 atom stereocenters. The fourth-order valence-electron chi connectivity index (χ4n) is 14.3. The van der Waals surface area contributed by atoms with E-state index in [1.165, 1.54) is 29.2 Å². The summed E-state index contributed by atoms with van der Waals surface area (Å²) in [5.74, 6) is -9.13. The monoisotopic (exact) mass is 1570 g/mol. The first-order valence-corrected chi connectivity index (χ1v) is 41.0. The third-order valence-electron chi connectivity index (χ3n) is 19.9. The number of likely N-dealkylation sites (tertiary alicyclic amines) is 2. The van der Waals surface area contributed by atoms with Crippen LogP contribution in [0, 0.1) is 23.2 Å². The Morgan fingerprint density at radius 3 is 2.17 bits per heavy atom. The number of carboxylic acids is 1. The molecule has 0 aromatic heterocycles. The Morgan fingerprint density at radius 1 is 0.832 bits per heavy atom. The lowest BCUT2D eigenvalue weighted by molar-refractivity contribution is -0.438. The van der Waals surface area contributed by atoms with E-state index in [1.807, 2.05) is 61.5 Å².